The van der Waals surface area contributed by atoms with Gasteiger partial charge in [-0.1, -0.05) is 15.9 Å². The van der Waals surface area contributed by atoms with E-state index in [1.807, 2.05) is 6.26 Å². The van der Waals surface area contributed by atoms with Crippen LogP contribution in [-0.4, -0.2) is 40.0 Å². The highest BCUT2D eigenvalue weighted by molar-refractivity contribution is 9.10. The molecule has 1 amide bonds. The Morgan fingerprint density at radius 3 is 2.67 bits per heavy atom. The van der Waals surface area contributed by atoms with Gasteiger partial charge < -0.3 is 10.4 Å². The van der Waals surface area contributed by atoms with Gasteiger partial charge in [0, 0.05) is 22.2 Å². The normalized spacial score (nSPS) is 11.7. The van der Waals surface area contributed by atoms with Crippen molar-refractivity contribution in [2.45, 2.75) is 12.5 Å². The summed E-state index contributed by atoms with van der Waals surface area (Å²) in [5.41, 5.74) is -0.211. The van der Waals surface area contributed by atoms with Crippen molar-refractivity contribution < 1.29 is 19.6 Å². The van der Waals surface area contributed by atoms with Crippen LogP contribution in [0.4, 0.5) is 5.69 Å². The monoisotopic (exact) mass is 376 g/mol. The molecule has 7 nitrogen and oxygen atoms in total. The fourth-order valence-corrected chi connectivity index (χ4v) is 2.50. The number of hydrogen-bond donors (Lipinski definition) is 2. The molecule has 1 aromatic carbocycles. The number of halogens is 1. The number of non-ortho nitro benzene ring substituents is 1. The summed E-state index contributed by atoms with van der Waals surface area (Å²) in [4.78, 5) is 33.2. The third-order valence-corrected chi connectivity index (χ3v) is 3.67. The van der Waals surface area contributed by atoms with Crippen molar-refractivity contribution in [1.82, 2.24) is 5.32 Å². The van der Waals surface area contributed by atoms with Gasteiger partial charge in [-0.3, -0.25) is 14.9 Å². The molecular weight excluding hydrogens is 364 g/mol. The molecule has 0 aliphatic rings. The number of rotatable bonds is 7. The van der Waals surface area contributed by atoms with Crippen molar-refractivity contribution in [3.05, 3.63) is 38.3 Å². The van der Waals surface area contributed by atoms with Crippen molar-refractivity contribution in [1.29, 1.82) is 0 Å². The maximum absolute atomic E-state index is 12.0. The fraction of sp³-hybridized carbons (Fsp3) is 0.333. The van der Waals surface area contributed by atoms with E-state index in [2.05, 4.69) is 21.2 Å². The minimum Gasteiger partial charge on any atom is -0.480 e. The Hall–Kier alpha value is -1.61. The molecule has 1 atom stereocenters. The summed E-state index contributed by atoms with van der Waals surface area (Å²) in [5, 5.41) is 22.2. The Morgan fingerprint density at radius 1 is 1.48 bits per heavy atom. The van der Waals surface area contributed by atoms with Crippen LogP contribution in [0.3, 0.4) is 0 Å². The first-order valence-electron chi connectivity index (χ1n) is 5.82. The van der Waals surface area contributed by atoms with Crippen LogP contribution in [0.2, 0.25) is 0 Å². The number of carboxylic acids is 1. The highest BCUT2D eigenvalue weighted by Crippen LogP contribution is 2.21. The summed E-state index contributed by atoms with van der Waals surface area (Å²) in [6.07, 6.45) is 2.11. The Labute approximate surface area is 133 Å². The molecule has 1 aromatic rings. The van der Waals surface area contributed by atoms with Gasteiger partial charge in [-0.05, 0) is 24.5 Å². The minimum absolute atomic E-state index is 0.0338. The van der Waals surface area contributed by atoms with E-state index in [4.69, 9.17) is 5.11 Å². The summed E-state index contributed by atoms with van der Waals surface area (Å²) in [7, 11) is 0. The number of nitrogens with one attached hydrogen (secondary N) is 1. The molecule has 0 spiro atoms. The number of nitro benzene ring substituents is 1. The molecule has 0 bridgehead atoms. The van der Waals surface area contributed by atoms with Gasteiger partial charge in [-0.2, -0.15) is 11.8 Å². The zero-order chi connectivity index (χ0) is 16.0. The Morgan fingerprint density at radius 2 is 2.14 bits per heavy atom. The van der Waals surface area contributed by atoms with Crippen LogP contribution in [0.25, 0.3) is 0 Å². The third-order valence-electron chi connectivity index (χ3n) is 2.57. The van der Waals surface area contributed by atoms with Gasteiger partial charge in [0.1, 0.15) is 6.04 Å². The summed E-state index contributed by atoms with van der Waals surface area (Å²) >= 11 is 4.55. The topological polar surface area (TPSA) is 110 Å². The van der Waals surface area contributed by atoms with Gasteiger partial charge in [-0.25, -0.2) is 4.79 Å². The number of benzene rings is 1. The predicted octanol–water partition coefficient (Wildman–Crippen LogP) is 2.29. The van der Waals surface area contributed by atoms with Gasteiger partial charge in [0.05, 0.1) is 4.92 Å². The number of nitrogens with zero attached hydrogens (tertiary/aromatic N) is 1. The lowest BCUT2D eigenvalue weighted by Gasteiger charge is -2.14. The number of amides is 1. The van der Waals surface area contributed by atoms with E-state index >= 15 is 0 Å². The van der Waals surface area contributed by atoms with Gasteiger partial charge in [-0.15, -0.1) is 0 Å². The molecule has 1 rings (SSSR count). The second-order valence-electron chi connectivity index (χ2n) is 4.10. The van der Waals surface area contributed by atoms with Crippen molar-refractivity contribution >= 4 is 45.3 Å². The zero-order valence-corrected chi connectivity index (χ0v) is 13.4. The number of carboxylic acid groups (broad SMARTS) is 1. The SMILES string of the molecule is CSCC[C@@H](NC(=O)c1cc(Br)cc([N+](=O)[O-])c1)C(=O)O. The smallest absolute Gasteiger partial charge is 0.326 e. The lowest BCUT2D eigenvalue weighted by molar-refractivity contribution is -0.385. The average Bonchev–Trinajstić information content (AvgIpc) is 2.42. The van der Waals surface area contributed by atoms with E-state index in [-0.39, 0.29) is 17.7 Å². The Kier molecular flexibility index (Phi) is 6.63. The summed E-state index contributed by atoms with van der Waals surface area (Å²) in [5.74, 6) is -1.22. The van der Waals surface area contributed by atoms with E-state index in [0.717, 1.165) is 6.07 Å². The van der Waals surface area contributed by atoms with E-state index in [1.165, 1.54) is 23.9 Å². The van der Waals surface area contributed by atoms with Gasteiger partial charge in [0.25, 0.3) is 11.6 Å². The van der Waals surface area contributed by atoms with Crippen molar-refractivity contribution in [2.24, 2.45) is 0 Å². The highest BCUT2D eigenvalue weighted by atomic mass is 79.9. The van der Waals surface area contributed by atoms with Crippen LogP contribution in [0, 0.1) is 10.1 Å². The molecular formula is C12H13BrN2O5S. The molecule has 0 aliphatic carbocycles. The summed E-state index contributed by atoms with van der Waals surface area (Å²) in [6, 6.07) is 2.74. The summed E-state index contributed by atoms with van der Waals surface area (Å²) < 4.78 is 0.373. The number of nitro groups is 1. The molecule has 2 N–H and O–H groups in total. The van der Waals surface area contributed by atoms with Gasteiger partial charge in [0.2, 0.25) is 0 Å². The van der Waals surface area contributed by atoms with Crippen LogP contribution in [0.15, 0.2) is 22.7 Å². The van der Waals surface area contributed by atoms with E-state index in [1.54, 1.807) is 0 Å². The van der Waals surface area contributed by atoms with Gasteiger partial charge >= 0.3 is 5.97 Å². The number of hydrogen-bond acceptors (Lipinski definition) is 5. The van der Waals surface area contributed by atoms with E-state index < -0.39 is 22.8 Å². The van der Waals surface area contributed by atoms with Crippen LogP contribution >= 0.6 is 27.7 Å². The van der Waals surface area contributed by atoms with Crippen LogP contribution in [0.5, 0.6) is 0 Å². The maximum Gasteiger partial charge on any atom is 0.326 e. The van der Waals surface area contributed by atoms with Crippen LogP contribution in [-0.2, 0) is 4.79 Å². The molecule has 0 unspecified atom stereocenters. The number of carbonyl (C=O) groups excluding carboxylic acids is 1. The van der Waals surface area contributed by atoms with Crippen molar-refractivity contribution in [3.8, 4) is 0 Å². The number of carbonyl (C=O) groups is 2. The molecule has 0 saturated carbocycles. The standard InChI is InChI=1S/C12H13BrN2O5S/c1-21-3-2-10(12(17)18)14-11(16)7-4-8(13)6-9(5-7)15(19)20/h4-6,10H,2-3H2,1H3,(H,14,16)(H,17,18)/t10-/m1/s1. The largest absolute Gasteiger partial charge is 0.480 e. The average molecular weight is 377 g/mol. The first-order chi connectivity index (χ1) is 9.85. The molecule has 114 valence electrons. The number of aliphatic carboxylic acids is 1. The van der Waals surface area contributed by atoms with Crippen molar-refractivity contribution in [3.63, 3.8) is 0 Å². The third kappa shape index (κ3) is 5.35. The lowest BCUT2D eigenvalue weighted by atomic mass is 10.1. The van der Waals surface area contributed by atoms with E-state index in [9.17, 15) is 19.7 Å². The zero-order valence-electron chi connectivity index (χ0n) is 11.0. The molecule has 0 fully saturated rings. The second-order valence-corrected chi connectivity index (χ2v) is 6.00. The summed E-state index contributed by atoms with van der Waals surface area (Å²) in [6.45, 7) is 0. The molecule has 0 aliphatic heterocycles. The van der Waals surface area contributed by atoms with Crippen LogP contribution < -0.4 is 5.32 Å². The first-order valence-corrected chi connectivity index (χ1v) is 8.01. The lowest BCUT2D eigenvalue weighted by Crippen LogP contribution is -2.41. The molecule has 0 radical (unpaired) electrons. The first kappa shape index (κ1) is 17.4. The second kappa shape index (κ2) is 7.99. The fourth-order valence-electron chi connectivity index (χ4n) is 1.55. The highest BCUT2D eigenvalue weighted by Gasteiger charge is 2.21. The minimum atomic E-state index is -1.14. The molecule has 21 heavy (non-hydrogen) atoms. The van der Waals surface area contributed by atoms with Gasteiger partial charge in [0.15, 0.2) is 0 Å². The molecule has 9 heteroatoms. The van der Waals surface area contributed by atoms with E-state index in [0.29, 0.717) is 10.2 Å². The molecule has 0 aromatic heterocycles. The quantitative estimate of drug-likeness (QED) is 0.557. The van der Waals surface area contributed by atoms with Crippen LogP contribution in [0.1, 0.15) is 16.8 Å². The number of thioether (sulfide) groups is 1. The molecule has 0 heterocycles. The predicted molar refractivity (Wildman–Crippen MR) is 82.7 cm³/mol. The molecule has 0 saturated heterocycles. The Bertz CT molecular complexity index is 567. The maximum atomic E-state index is 12.0. The van der Waals surface area contributed by atoms with Crippen molar-refractivity contribution in [2.75, 3.05) is 12.0 Å². The Balaban J connectivity index is 2.92.